The van der Waals surface area contributed by atoms with Gasteiger partial charge >= 0.3 is 0 Å². The minimum Gasteiger partial charge on any atom is -0.330 e. The van der Waals surface area contributed by atoms with E-state index in [9.17, 15) is 0 Å². The standard InChI is InChI=1S/C13H27N3/c14-7-2-5-8-15-11-6-13(12-15)16-9-3-1-4-10-16/h13H,1-12,14H2. The van der Waals surface area contributed by atoms with Crippen molar-refractivity contribution < 1.29 is 0 Å². The Kier molecular flexibility index (Phi) is 5.07. The molecule has 0 aliphatic carbocycles. The number of hydrogen-bond acceptors (Lipinski definition) is 3. The first kappa shape index (κ1) is 12.3. The Morgan fingerprint density at radius 1 is 1.00 bits per heavy atom. The highest BCUT2D eigenvalue weighted by Crippen LogP contribution is 2.20. The molecule has 0 aromatic rings. The number of nitrogens with zero attached hydrogens (tertiary/aromatic N) is 2. The van der Waals surface area contributed by atoms with Gasteiger partial charge in [-0.05, 0) is 64.8 Å². The smallest absolute Gasteiger partial charge is 0.0235 e. The van der Waals surface area contributed by atoms with Gasteiger partial charge in [0.15, 0.2) is 0 Å². The Balaban J connectivity index is 1.66. The van der Waals surface area contributed by atoms with E-state index in [2.05, 4.69) is 9.80 Å². The molecule has 0 aromatic carbocycles. The van der Waals surface area contributed by atoms with E-state index in [0.29, 0.717) is 0 Å². The Morgan fingerprint density at radius 2 is 1.81 bits per heavy atom. The monoisotopic (exact) mass is 225 g/mol. The third-order valence-electron chi connectivity index (χ3n) is 4.08. The molecule has 2 aliphatic rings. The van der Waals surface area contributed by atoms with Crippen LogP contribution in [0.15, 0.2) is 0 Å². The second-order valence-corrected chi connectivity index (χ2v) is 5.34. The van der Waals surface area contributed by atoms with Crippen LogP contribution < -0.4 is 5.73 Å². The van der Waals surface area contributed by atoms with Gasteiger partial charge in [0.05, 0.1) is 0 Å². The first-order valence-corrected chi connectivity index (χ1v) is 7.06. The minimum atomic E-state index is 0.851. The van der Waals surface area contributed by atoms with Crippen LogP contribution in [0.25, 0.3) is 0 Å². The van der Waals surface area contributed by atoms with Crippen molar-refractivity contribution in [2.24, 2.45) is 5.73 Å². The molecule has 0 aromatic heterocycles. The summed E-state index contributed by atoms with van der Waals surface area (Å²) in [5, 5.41) is 0. The van der Waals surface area contributed by atoms with E-state index in [4.69, 9.17) is 5.73 Å². The summed E-state index contributed by atoms with van der Waals surface area (Å²) in [7, 11) is 0. The zero-order valence-electron chi connectivity index (χ0n) is 10.5. The molecule has 2 heterocycles. The fourth-order valence-electron chi connectivity index (χ4n) is 3.08. The normalized spacial score (nSPS) is 28.7. The zero-order chi connectivity index (χ0) is 11.2. The maximum Gasteiger partial charge on any atom is 0.0235 e. The Bertz CT molecular complexity index is 190. The van der Waals surface area contributed by atoms with Gasteiger partial charge in [-0.15, -0.1) is 0 Å². The summed E-state index contributed by atoms with van der Waals surface area (Å²) in [5.41, 5.74) is 5.53. The fourth-order valence-corrected chi connectivity index (χ4v) is 3.08. The van der Waals surface area contributed by atoms with Crippen molar-refractivity contribution in [3.05, 3.63) is 0 Å². The number of rotatable bonds is 5. The van der Waals surface area contributed by atoms with Gasteiger partial charge in [0.2, 0.25) is 0 Å². The van der Waals surface area contributed by atoms with Gasteiger partial charge in [-0.3, -0.25) is 4.90 Å². The third kappa shape index (κ3) is 3.44. The average molecular weight is 225 g/mol. The molecule has 0 bridgehead atoms. The highest BCUT2D eigenvalue weighted by Gasteiger charge is 2.27. The van der Waals surface area contributed by atoms with E-state index in [-0.39, 0.29) is 0 Å². The summed E-state index contributed by atoms with van der Waals surface area (Å²) in [6, 6.07) is 0.859. The van der Waals surface area contributed by atoms with Crippen LogP contribution in [0.2, 0.25) is 0 Å². The number of unbranched alkanes of at least 4 members (excludes halogenated alkanes) is 1. The van der Waals surface area contributed by atoms with E-state index in [1.807, 2.05) is 0 Å². The van der Waals surface area contributed by atoms with Crippen molar-refractivity contribution in [3.63, 3.8) is 0 Å². The lowest BCUT2D eigenvalue weighted by Crippen LogP contribution is -2.40. The molecule has 0 amide bonds. The maximum atomic E-state index is 5.53. The van der Waals surface area contributed by atoms with E-state index >= 15 is 0 Å². The summed E-state index contributed by atoms with van der Waals surface area (Å²) in [6.45, 7) is 7.43. The Hall–Kier alpha value is -0.120. The predicted molar refractivity (Wildman–Crippen MR) is 68.6 cm³/mol. The fraction of sp³-hybridized carbons (Fsp3) is 1.00. The quantitative estimate of drug-likeness (QED) is 0.716. The number of piperidine rings is 1. The second kappa shape index (κ2) is 6.58. The van der Waals surface area contributed by atoms with Crippen LogP contribution in [0.3, 0.4) is 0 Å². The summed E-state index contributed by atoms with van der Waals surface area (Å²) < 4.78 is 0. The summed E-state index contributed by atoms with van der Waals surface area (Å²) >= 11 is 0. The first-order valence-electron chi connectivity index (χ1n) is 7.06. The third-order valence-corrected chi connectivity index (χ3v) is 4.08. The number of nitrogens with two attached hydrogens (primary N) is 1. The van der Waals surface area contributed by atoms with Crippen molar-refractivity contribution >= 4 is 0 Å². The molecule has 3 nitrogen and oxygen atoms in total. The highest BCUT2D eigenvalue weighted by atomic mass is 15.3. The molecule has 1 atom stereocenters. The zero-order valence-corrected chi connectivity index (χ0v) is 10.5. The van der Waals surface area contributed by atoms with Crippen molar-refractivity contribution in [3.8, 4) is 0 Å². The lowest BCUT2D eigenvalue weighted by Gasteiger charge is -2.32. The minimum absolute atomic E-state index is 0.851. The van der Waals surface area contributed by atoms with Gasteiger partial charge < -0.3 is 10.6 Å². The average Bonchev–Trinajstić information content (AvgIpc) is 2.79. The Morgan fingerprint density at radius 3 is 2.56 bits per heavy atom. The molecule has 0 radical (unpaired) electrons. The molecular weight excluding hydrogens is 198 g/mol. The van der Waals surface area contributed by atoms with Gasteiger partial charge in [-0.2, -0.15) is 0 Å². The van der Waals surface area contributed by atoms with E-state index < -0.39 is 0 Å². The molecule has 2 saturated heterocycles. The molecule has 94 valence electrons. The summed E-state index contributed by atoms with van der Waals surface area (Å²) in [4.78, 5) is 5.36. The molecular formula is C13H27N3. The Labute approximate surface area is 100.0 Å². The van der Waals surface area contributed by atoms with Crippen LogP contribution in [0.1, 0.15) is 38.5 Å². The van der Waals surface area contributed by atoms with Crippen molar-refractivity contribution in [2.75, 3.05) is 39.3 Å². The topological polar surface area (TPSA) is 32.5 Å². The second-order valence-electron chi connectivity index (χ2n) is 5.34. The first-order chi connectivity index (χ1) is 7.90. The van der Waals surface area contributed by atoms with E-state index in [1.165, 1.54) is 71.2 Å². The van der Waals surface area contributed by atoms with Gasteiger partial charge in [0.25, 0.3) is 0 Å². The molecule has 16 heavy (non-hydrogen) atoms. The molecule has 1 unspecified atom stereocenters. The van der Waals surface area contributed by atoms with Crippen LogP contribution in [0, 0.1) is 0 Å². The van der Waals surface area contributed by atoms with Gasteiger partial charge in [-0.25, -0.2) is 0 Å². The van der Waals surface area contributed by atoms with Crippen LogP contribution in [0.5, 0.6) is 0 Å². The molecule has 0 spiro atoms. The van der Waals surface area contributed by atoms with Crippen molar-refractivity contribution in [1.29, 1.82) is 0 Å². The van der Waals surface area contributed by atoms with Crippen molar-refractivity contribution in [2.45, 2.75) is 44.6 Å². The largest absolute Gasteiger partial charge is 0.330 e. The highest BCUT2D eigenvalue weighted by molar-refractivity contribution is 4.84. The number of hydrogen-bond donors (Lipinski definition) is 1. The van der Waals surface area contributed by atoms with Crippen molar-refractivity contribution in [1.82, 2.24) is 9.80 Å². The summed E-state index contributed by atoms with van der Waals surface area (Å²) in [6.07, 6.45) is 8.15. The van der Waals surface area contributed by atoms with Crippen LogP contribution in [0.4, 0.5) is 0 Å². The molecule has 2 fully saturated rings. The van der Waals surface area contributed by atoms with Crippen LogP contribution in [-0.2, 0) is 0 Å². The molecule has 0 saturated carbocycles. The summed E-state index contributed by atoms with van der Waals surface area (Å²) in [5.74, 6) is 0. The van der Waals surface area contributed by atoms with Crippen LogP contribution in [-0.4, -0.2) is 55.1 Å². The molecule has 2 aliphatic heterocycles. The number of likely N-dealkylation sites (tertiary alicyclic amines) is 2. The maximum absolute atomic E-state index is 5.53. The molecule has 3 heteroatoms. The molecule has 2 rings (SSSR count). The van der Waals surface area contributed by atoms with Crippen LogP contribution >= 0.6 is 0 Å². The van der Waals surface area contributed by atoms with E-state index in [0.717, 1.165) is 12.6 Å². The van der Waals surface area contributed by atoms with E-state index in [1.54, 1.807) is 0 Å². The lowest BCUT2D eigenvalue weighted by molar-refractivity contribution is 0.162. The van der Waals surface area contributed by atoms with Gasteiger partial charge in [0, 0.05) is 12.6 Å². The lowest BCUT2D eigenvalue weighted by atomic mass is 10.1. The molecule has 2 N–H and O–H groups in total. The predicted octanol–water partition coefficient (Wildman–Crippen LogP) is 1.29. The SMILES string of the molecule is NCCCCN1CCC(N2CCCCC2)C1. The van der Waals surface area contributed by atoms with Gasteiger partial charge in [-0.1, -0.05) is 6.42 Å². The van der Waals surface area contributed by atoms with Gasteiger partial charge in [0.1, 0.15) is 0 Å².